The van der Waals surface area contributed by atoms with Gasteiger partial charge in [0.05, 0.1) is 0 Å². The molecule has 2 radical (unpaired) electrons. The van der Waals surface area contributed by atoms with Crippen LogP contribution in [0.15, 0.2) is 0 Å². The summed E-state index contributed by atoms with van der Waals surface area (Å²) in [5.74, 6) is 0. The summed E-state index contributed by atoms with van der Waals surface area (Å²) in [5.41, 5.74) is 0.525. The van der Waals surface area contributed by atoms with E-state index in [0.717, 1.165) is 0 Å². The van der Waals surface area contributed by atoms with Gasteiger partial charge < -0.3 is 0 Å². The molecule has 0 aromatic rings. The van der Waals surface area contributed by atoms with Crippen molar-refractivity contribution in [1.82, 2.24) is 5.32 Å². The van der Waals surface area contributed by atoms with E-state index in [1.54, 1.807) is 0 Å². The number of rotatable bonds is 5. The summed E-state index contributed by atoms with van der Waals surface area (Å²) in [6.45, 7) is 9.37. The minimum absolute atomic E-state index is 0.0256. The molecule has 0 aliphatic carbocycles. The Hall–Kier alpha value is 0.759. The second-order valence-electron chi connectivity index (χ2n) is 3.78. The molecule has 1 nitrogen and oxygen atoms in total. The van der Waals surface area contributed by atoms with Crippen LogP contribution in [0.5, 0.6) is 0 Å². The van der Waals surface area contributed by atoms with E-state index in [0.29, 0.717) is 11.5 Å². The Morgan fingerprint density at radius 2 is 2.00 bits per heavy atom. The molecule has 1 N–H and O–H groups in total. The van der Waals surface area contributed by atoms with Gasteiger partial charge in [0.15, 0.2) is 0 Å². The molecule has 0 rings (SSSR count). The van der Waals surface area contributed by atoms with E-state index in [4.69, 9.17) is 0 Å². The maximum absolute atomic E-state index is 3.34. The first-order valence-corrected chi connectivity index (χ1v) is 8.46. The van der Waals surface area contributed by atoms with Crippen molar-refractivity contribution >= 4 is 21.1 Å². The summed E-state index contributed by atoms with van der Waals surface area (Å²) < 4.78 is 2.97. The molecule has 0 spiro atoms. The topological polar surface area (TPSA) is 12.0 Å². The Morgan fingerprint density at radius 3 is 2.36 bits per heavy atom. The van der Waals surface area contributed by atoms with Gasteiger partial charge in [0.25, 0.3) is 0 Å². The normalized spacial score (nSPS) is 15.0. The zero-order valence-corrected chi connectivity index (χ0v) is 11.3. The SMILES string of the molecule is C[CH2][Sn][CH2]C(C)(C)[C@@H](C)NC. The molecule has 1 atom stereocenters. The summed E-state index contributed by atoms with van der Waals surface area (Å²) in [5, 5.41) is 3.34. The molecular weight excluding hydrogens is 241 g/mol. The molecule has 2 heteroatoms. The van der Waals surface area contributed by atoms with Crippen molar-refractivity contribution in [3.8, 4) is 0 Å². The summed E-state index contributed by atoms with van der Waals surface area (Å²) in [4.78, 5) is 0. The fourth-order valence-electron chi connectivity index (χ4n) is 0.991. The van der Waals surface area contributed by atoms with Crippen molar-refractivity contribution < 1.29 is 0 Å². The molecule has 0 aromatic carbocycles. The van der Waals surface area contributed by atoms with E-state index in [-0.39, 0.29) is 21.1 Å². The Morgan fingerprint density at radius 1 is 1.45 bits per heavy atom. The predicted octanol–water partition coefficient (Wildman–Crippen LogP) is 2.18. The van der Waals surface area contributed by atoms with Gasteiger partial charge >= 0.3 is 81.5 Å². The molecule has 0 fully saturated rings. The van der Waals surface area contributed by atoms with Crippen LogP contribution in [-0.4, -0.2) is 34.2 Å². The van der Waals surface area contributed by atoms with Gasteiger partial charge in [-0.1, -0.05) is 0 Å². The van der Waals surface area contributed by atoms with Gasteiger partial charge in [0.1, 0.15) is 0 Å². The third-order valence-corrected chi connectivity index (χ3v) is 7.18. The van der Waals surface area contributed by atoms with Gasteiger partial charge in [0.2, 0.25) is 0 Å². The third-order valence-electron chi connectivity index (χ3n) is 2.44. The van der Waals surface area contributed by atoms with E-state index >= 15 is 0 Å². The molecule has 0 bridgehead atoms. The second-order valence-corrected chi connectivity index (χ2v) is 8.23. The van der Waals surface area contributed by atoms with Gasteiger partial charge in [-0.25, -0.2) is 0 Å². The van der Waals surface area contributed by atoms with Crippen molar-refractivity contribution in [2.24, 2.45) is 5.41 Å². The van der Waals surface area contributed by atoms with Crippen LogP contribution < -0.4 is 5.32 Å². The standard InChI is InChI=1S/C7H16N.C2H5.Sn/c1-6(8-5)7(2,3)4;1-2;/h6,8H,2H2,1,3-5H3;1H2,2H3;/t6-;;/m1../s1. The van der Waals surface area contributed by atoms with Gasteiger partial charge in [-0.2, -0.15) is 0 Å². The Bertz CT molecular complexity index is 102. The summed E-state index contributed by atoms with van der Waals surface area (Å²) in [6.07, 6.45) is 0. The second kappa shape index (κ2) is 5.41. The average molecular weight is 262 g/mol. The predicted molar refractivity (Wildman–Crippen MR) is 53.3 cm³/mol. The van der Waals surface area contributed by atoms with Crippen molar-refractivity contribution in [1.29, 1.82) is 0 Å². The fourth-order valence-corrected chi connectivity index (χ4v) is 4.42. The van der Waals surface area contributed by atoms with Crippen LogP contribution in [-0.2, 0) is 0 Å². The first-order chi connectivity index (χ1) is 5.04. The summed E-state index contributed by atoms with van der Waals surface area (Å²) in [7, 11) is 2.06. The zero-order valence-electron chi connectivity index (χ0n) is 8.49. The third kappa shape index (κ3) is 4.36. The minimum atomic E-state index is -0.0256. The Labute approximate surface area is 81.6 Å². The fraction of sp³-hybridized carbons (Fsp3) is 1.00. The average Bonchev–Trinajstić information content (AvgIpc) is 1.99. The molecule has 66 valence electrons. The summed E-state index contributed by atoms with van der Waals surface area (Å²) in [6, 6.07) is 0.662. The van der Waals surface area contributed by atoms with Crippen molar-refractivity contribution in [3.05, 3.63) is 0 Å². The van der Waals surface area contributed by atoms with Gasteiger partial charge in [-0.15, -0.1) is 0 Å². The Kier molecular flexibility index (Phi) is 5.79. The van der Waals surface area contributed by atoms with Crippen LogP contribution in [0.25, 0.3) is 0 Å². The van der Waals surface area contributed by atoms with E-state index in [1.807, 2.05) is 0 Å². The van der Waals surface area contributed by atoms with Gasteiger partial charge in [-0.3, -0.25) is 0 Å². The van der Waals surface area contributed by atoms with Crippen molar-refractivity contribution in [2.45, 2.75) is 42.6 Å². The Balaban J connectivity index is 3.77. The van der Waals surface area contributed by atoms with Crippen LogP contribution in [0, 0.1) is 5.41 Å². The zero-order chi connectivity index (χ0) is 8.91. The molecule has 0 saturated heterocycles. The van der Waals surface area contributed by atoms with E-state index in [2.05, 4.69) is 40.1 Å². The molecule has 0 unspecified atom stereocenters. The van der Waals surface area contributed by atoms with Crippen molar-refractivity contribution in [3.63, 3.8) is 0 Å². The molecule has 0 heterocycles. The maximum atomic E-state index is 3.34. The molecule has 0 amide bonds. The molecule has 11 heavy (non-hydrogen) atoms. The molecule has 0 saturated carbocycles. The van der Waals surface area contributed by atoms with Crippen molar-refractivity contribution in [2.75, 3.05) is 7.05 Å². The van der Waals surface area contributed by atoms with Crippen LogP contribution in [0.1, 0.15) is 27.7 Å². The van der Waals surface area contributed by atoms with E-state index in [1.165, 1.54) is 8.87 Å². The molecule has 0 aromatic heterocycles. The first-order valence-electron chi connectivity index (χ1n) is 4.42. The quantitative estimate of drug-likeness (QED) is 0.749. The van der Waals surface area contributed by atoms with Crippen LogP contribution in [0.3, 0.4) is 0 Å². The van der Waals surface area contributed by atoms with Gasteiger partial charge in [-0.05, 0) is 0 Å². The number of nitrogens with one attached hydrogen (secondary N) is 1. The van der Waals surface area contributed by atoms with E-state index < -0.39 is 0 Å². The monoisotopic (exact) mass is 263 g/mol. The molecule has 0 aliphatic rings. The molecular formula is C9H21NSn. The number of hydrogen-bond donors (Lipinski definition) is 1. The van der Waals surface area contributed by atoms with E-state index in [9.17, 15) is 0 Å². The number of hydrogen-bond acceptors (Lipinski definition) is 1. The van der Waals surface area contributed by atoms with Crippen LogP contribution >= 0.6 is 0 Å². The summed E-state index contributed by atoms with van der Waals surface area (Å²) >= 11 is -0.0256. The van der Waals surface area contributed by atoms with Crippen LogP contribution in [0.4, 0.5) is 0 Å². The molecule has 0 aliphatic heterocycles. The first kappa shape index (κ1) is 11.8. The van der Waals surface area contributed by atoms with Gasteiger partial charge in [0, 0.05) is 0 Å². The van der Waals surface area contributed by atoms with Crippen LogP contribution in [0.2, 0.25) is 8.87 Å².